The van der Waals surface area contributed by atoms with E-state index in [-0.39, 0.29) is 0 Å². The first kappa shape index (κ1) is 10.8. The lowest BCUT2D eigenvalue weighted by atomic mass is 10.1. The second kappa shape index (κ2) is 3.47. The van der Waals surface area contributed by atoms with Gasteiger partial charge in [-0.3, -0.25) is 0 Å². The van der Waals surface area contributed by atoms with Gasteiger partial charge in [0.1, 0.15) is 0 Å². The molecule has 0 atom stereocenters. The van der Waals surface area contributed by atoms with Crippen molar-refractivity contribution in [2.45, 2.75) is 33.9 Å². The van der Waals surface area contributed by atoms with Gasteiger partial charge < -0.3 is 0 Å². The van der Waals surface area contributed by atoms with Crippen LogP contribution < -0.4 is 5.19 Å². The van der Waals surface area contributed by atoms with Crippen LogP contribution in [-0.2, 0) is 0 Å². The molecule has 0 aliphatic carbocycles. The van der Waals surface area contributed by atoms with Crippen molar-refractivity contribution >= 4 is 23.6 Å². The summed E-state index contributed by atoms with van der Waals surface area (Å²) in [5.41, 5.74) is 4.05. The van der Waals surface area contributed by atoms with E-state index in [1.807, 2.05) is 0 Å². The summed E-state index contributed by atoms with van der Waals surface area (Å²) < 4.78 is 0. The quantitative estimate of drug-likeness (QED) is 0.495. The molecule has 0 saturated heterocycles. The lowest BCUT2D eigenvalue weighted by Gasteiger charge is -2.19. The first-order valence-electron chi connectivity index (χ1n) is 4.59. The fourth-order valence-corrected chi connectivity index (χ4v) is 3.91. The summed E-state index contributed by atoms with van der Waals surface area (Å²) in [6.07, 6.45) is 0. The minimum Gasteiger partial charge on any atom is -0.162 e. The Bertz CT molecular complexity index is 324. The predicted molar refractivity (Wildman–Crippen MR) is 63.6 cm³/mol. The second-order valence-corrected chi connectivity index (χ2v) is 10.5. The van der Waals surface area contributed by atoms with Crippen LogP contribution in [0.15, 0.2) is 12.1 Å². The molecule has 0 aromatic heterocycles. The minimum absolute atomic E-state index is 1.32. The average molecular weight is 213 g/mol. The van der Waals surface area contributed by atoms with Crippen molar-refractivity contribution in [2.24, 2.45) is 0 Å². The van der Waals surface area contributed by atoms with Crippen LogP contribution in [0.2, 0.25) is 13.1 Å². The van der Waals surface area contributed by atoms with Crippen molar-refractivity contribution in [3.8, 4) is 0 Å². The molecule has 0 spiro atoms. The van der Waals surface area contributed by atoms with Crippen LogP contribution in [-0.4, -0.2) is 7.38 Å². The van der Waals surface area contributed by atoms with Gasteiger partial charge >= 0.3 is 0 Å². The van der Waals surface area contributed by atoms with Gasteiger partial charge in [0.25, 0.3) is 0 Å². The van der Waals surface area contributed by atoms with E-state index in [1.165, 1.54) is 21.9 Å². The maximum absolute atomic E-state index is 6.45. The third-order valence-corrected chi connectivity index (χ3v) is 4.86. The smallest absolute Gasteiger partial charge is 0.162 e. The van der Waals surface area contributed by atoms with Crippen LogP contribution in [0.5, 0.6) is 0 Å². The Kier molecular flexibility index (Phi) is 2.88. The summed E-state index contributed by atoms with van der Waals surface area (Å²) in [4.78, 5) is 0. The van der Waals surface area contributed by atoms with Gasteiger partial charge in [0.05, 0.1) is 0 Å². The molecule has 0 aliphatic heterocycles. The lowest BCUT2D eigenvalue weighted by molar-refractivity contribution is 1.32. The zero-order valence-electron chi connectivity index (χ0n) is 9.03. The molecule has 0 aliphatic rings. The number of benzene rings is 1. The highest BCUT2D eigenvalue weighted by atomic mass is 35.6. The second-order valence-electron chi connectivity index (χ2n) is 4.23. The normalized spacial score (nSPS) is 11.8. The molecular formula is C11H17ClSi. The summed E-state index contributed by atoms with van der Waals surface area (Å²) in [5, 5.41) is 1.38. The molecule has 0 unspecified atom stereocenters. The molecular weight excluding hydrogens is 196 g/mol. The van der Waals surface area contributed by atoms with Gasteiger partial charge in [-0.15, -0.1) is 0 Å². The summed E-state index contributed by atoms with van der Waals surface area (Å²) >= 11 is 6.45. The summed E-state index contributed by atoms with van der Waals surface area (Å²) in [6, 6.07) is 4.46. The monoisotopic (exact) mass is 212 g/mol. The van der Waals surface area contributed by atoms with Crippen LogP contribution in [0.1, 0.15) is 16.7 Å². The van der Waals surface area contributed by atoms with Gasteiger partial charge in [-0.05, 0) is 37.1 Å². The van der Waals surface area contributed by atoms with Crippen molar-refractivity contribution in [3.63, 3.8) is 0 Å². The highest BCUT2D eigenvalue weighted by Crippen LogP contribution is 2.15. The third-order valence-electron chi connectivity index (χ3n) is 2.45. The number of aryl methyl sites for hydroxylation is 2. The number of rotatable bonds is 1. The minimum atomic E-state index is -1.67. The molecule has 0 bridgehead atoms. The molecule has 0 nitrogen and oxygen atoms in total. The Morgan fingerprint density at radius 1 is 1.08 bits per heavy atom. The van der Waals surface area contributed by atoms with Crippen LogP contribution >= 0.6 is 11.1 Å². The first-order chi connectivity index (χ1) is 5.82. The van der Waals surface area contributed by atoms with Crippen LogP contribution in [0, 0.1) is 20.8 Å². The molecule has 1 aromatic rings. The van der Waals surface area contributed by atoms with Gasteiger partial charge in [0.2, 0.25) is 0 Å². The van der Waals surface area contributed by atoms with Gasteiger partial charge in [-0.25, -0.2) is 0 Å². The Labute approximate surface area is 86.6 Å². The maximum atomic E-state index is 6.45. The van der Waals surface area contributed by atoms with Crippen LogP contribution in [0.3, 0.4) is 0 Å². The van der Waals surface area contributed by atoms with Crippen molar-refractivity contribution in [1.29, 1.82) is 0 Å². The van der Waals surface area contributed by atoms with E-state index >= 15 is 0 Å². The first-order valence-corrected chi connectivity index (χ1v) is 8.61. The number of halogens is 1. The number of hydrogen-bond acceptors (Lipinski definition) is 0. The molecule has 0 N–H and O–H groups in total. The van der Waals surface area contributed by atoms with Gasteiger partial charge in [0, 0.05) is 0 Å². The highest BCUT2D eigenvalue weighted by molar-refractivity contribution is 7.26. The van der Waals surface area contributed by atoms with E-state index in [4.69, 9.17) is 11.1 Å². The summed E-state index contributed by atoms with van der Waals surface area (Å²) in [7, 11) is -1.67. The van der Waals surface area contributed by atoms with Crippen molar-refractivity contribution in [3.05, 3.63) is 28.8 Å². The van der Waals surface area contributed by atoms with Crippen molar-refractivity contribution < 1.29 is 0 Å². The molecule has 1 rings (SSSR count). The zero-order chi connectivity index (χ0) is 10.2. The Hall–Kier alpha value is -0.273. The van der Waals surface area contributed by atoms with Crippen molar-refractivity contribution in [1.82, 2.24) is 0 Å². The molecule has 13 heavy (non-hydrogen) atoms. The van der Waals surface area contributed by atoms with Crippen LogP contribution in [0.4, 0.5) is 0 Å². The Morgan fingerprint density at radius 3 is 2.08 bits per heavy atom. The molecule has 2 heteroatoms. The Balaban J connectivity index is 3.37. The molecule has 0 fully saturated rings. The van der Waals surface area contributed by atoms with Crippen molar-refractivity contribution in [2.75, 3.05) is 0 Å². The topological polar surface area (TPSA) is 0 Å². The SMILES string of the molecule is Cc1cc(C)c(C)c([Si](C)(C)Cl)c1. The average Bonchev–Trinajstić information content (AvgIpc) is 1.94. The van der Waals surface area contributed by atoms with Gasteiger partial charge in [-0.2, -0.15) is 11.1 Å². The zero-order valence-corrected chi connectivity index (χ0v) is 10.8. The molecule has 0 saturated carbocycles. The van der Waals surface area contributed by atoms with Gasteiger partial charge in [0.15, 0.2) is 7.38 Å². The van der Waals surface area contributed by atoms with E-state index in [0.29, 0.717) is 0 Å². The fourth-order valence-electron chi connectivity index (χ4n) is 1.66. The summed E-state index contributed by atoms with van der Waals surface area (Å²) in [6.45, 7) is 10.8. The fraction of sp³-hybridized carbons (Fsp3) is 0.455. The molecule has 72 valence electrons. The molecule has 0 heterocycles. The summed E-state index contributed by atoms with van der Waals surface area (Å²) in [5.74, 6) is 0. The van der Waals surface area contributed by atoms with Gasteiger partial charge in [-0.1, -0.05) is 30.8 Å². The Morgan fingerprint density at radius 2 is 1.62 bits per heavy atom. The predicted octanol–water partition coefficient (Wildman–Crippen LogP) is 3.26. The van der Waals surface area contributed by atoms with E-state index in [2.05, 4.69) is 46.0 Å². The standard InChI is InChI=1S/C11H17ClSi/c1-8-6-9(2)10(3)11(7-8)13(4,5)12/h6-7H,1-5H3. The largest absolute Gasteiger partial charge is 0.181 e. The maximum Gasteiger partial charge on any atom is 0.181 e. The molecule has 0 amide bonds. The number of hydrogen-bond donors (Lipinski definition) is 0. The lowest BCUT2D eigenvalue weighted by Crippen LogP contribution is -2.37. The van der Waals surface area contributed by atoms with E-state index in [1.54, 1.807) is 0 Å². The van der Waals surface area contributed by atoms with E-state index in [0.717, 1.165) is 0 Å². The molecule has 0 radical (unpaired) electrons. The van der Waals surface area contributed by atoms with E-state index < -0.39 is 7.38 Å². The highest BCUT2D eigenvalue weighted by Gasteiger charge is 2.22. The molecule has 1 aromatic carbocycles. The van der Waals surface area contributed by atoms with E-state index in [9.17, 15) is 0 Å². The van der Waals surface area contributed by atoms with Crippen LogP contribution in [0.25, 0.3) is 0 Å². The third kappa shape index (κ3) is 2.35.